The second kappa shape index (κ2) is 16.1. The molecule has 0 heterocycles. The highest BCUT2D eigenvalue weighted by atomic mass is 79.9. The minimum atomic E-state index is -4.17. The highest BCUT2D eigenvalue weighted by Crippen LogP contribution is 2.27. The lowest BCUT2D eigenvalue weighted by molar-refractivity contribution is -0.140. The van der Waals surface area contributed by atoms with E-state index in [0.717, 1.165) is 52.0 Å². The molecule has 246 valence electrons. The van der Waals surface area contributed by atoms with Gasteiger partial charge in [-0.1, -0.05) is 95.9 Å². The Bertz CT molecular complexity index is 1730. The van der Waals surface area contributed by atoms with Gasteiger partial charge in [0.05, 0.1) is 17.7 Å². The molecular formula is C37H40BrN3O5S. The maximum atomic E-state index is 14.6. The predicted molar refractivity (Wildman–Crippen MR) is 188 cm³/mol. The molecule has 1 atom stereocenters. The number of nitrogens with zero attached hydrogens (tertiary/aromatic N) is 2. The minimum Gasteiger partial charge on any atom is -0.497 e. The predicted octanol–water partition coefficient (Wildman–Crippen LogP) is 6.74. The van der Waals surface area contributed by atoms with Gasteiger partial charge in [-0.05, 0) is 72.5 Å². The van der Waals surface area contributed by atoms with Gasteiger partial charge < -0.3 is 15.0 Å². The highest BCUT2D eigenvalue weighted by molar-refractivity contribution is 9.10. The molecular weight excluding hydrogens is 678 g/mol. The molecule has 10 heteroatoms. The second-order valence-corrected chi connectivity index (χ2v) is 14.5. The van der Waals surface area contributed by atoms with Gasteiger partial charge in [-0.15, -0.1) is 0 Å². The average Bonchev–Trinajstić information content (AvgIpc) is 3.10. The smallest absolute Gasteiger partial charge is 0.264 e. The fraction of sp³-hybridized carbons (Fsp3) is 0.297. The molecule has 1 N–H and O–H groups in total. The molecule has 0 radical (unpaired) electrons. The molecule has 0 saturated heterocycles. The van der Waals surface area contributed by atoms with Crippen molar-refractivity contribution in [1.82, 2.24) is 10.2 Å². The topological polar surface area (TPSA) is 96.0 Å². The fourth-order valence-corrected chi connectivity index (χ4v) is 7.81. The first-order chi connectivity index (χ1) is 22.7. The number of halogens is 1. The molecule has 0 spiro atoms. The maximum Gasteiger partial charge on any atom is 0.264 e. The number of methoxy groups -OCH3 is 1. The van der Waals surface area contributed by atoms with Crippen LogP contribution in [0.5, 0.6) is 5.75 Å². The van der Waals surface area contributed by atoms with Gasteiger partial charge in [-0.2, -0.15) is 0 Å². The van der Waals surface area contributed by atoms with Crippen molar-refractivity contribution in [2.75, 3.05) is 18.0 Å². The second-order valence-electron chi connectivity index (χ2n) is 11.7. The number of nitrogens with one attached hydrogen (secondary N) is 1. The van der Waals surface area contributed by atoms with E-state index in [0.29, 0.717) is 11.4 Å². The lowest BCUT2D eigenvalue weighted by atomic mass is 9.94. The van der Waals surface area contributed by atoms with Gasteiger partial charge in [-0.3, -0.25) is 13.9 Å². The first kappa shape index (κ1) is 34.2. The Morgan fingerprint density at radius 3 is 2.13 bits per heavy atom. The van der Waals surface area contributed by atoms with Crippen LogP contribution in [0.25, 0.3) is 0 Å². The van der Waals surface area contributed by atoms with Crippen LogP contribution in [0.4, 0.5) is 5.69 Å². The molecule has 4 aromatic rings. The normalized spacial score (nSPS) is 14.2. The first-order valence-electron chi connectivity index (χ1n) is 15.8. The number of carbonyl (C=O) groups is 2. The summed E-state index contributed by atoms with van der Waals surface area (Å²) in [5.41, 5.74) is 2.00. The molecule has 0 unspecified atom stereocenters. The van der Waals surface area contributed by atoms with Gasteiger partial charge in [0.2, 0.25) is 11.8 Å². The monoisotopic (exact) mass is 717 g/mol. The van der Waals surface area contributed by atoms with Crippen molar-refractivity contribution >= 4 is 43.5 Å². The maximum absolute atomic E-state index is 14.6. The number of carbonyl (C=O) groups excluding carboxylic acids is 2. The first-order valence-corrected chi connectivity index (χ1v) is 18.1. The molecule has 0 aliphatic heterocycles. The highest BCUT2D eigenvalue weighted by Gasteiger charge is 2.35. The van der Waals surface area contributed by atoms with E-state index >= 15 is 0 Å². The summed E-state index contributed by atoms with van der Waals surface area (Å²) in [5, 5.41) is 3.24. The Labute approximate surface area is 285 Å². The van der Waals surface area contributed by atoms with E-state index in [1.54, 1.807) is 42.5 Å². The van der Waals surface area contributed by atoms with Gasteiger partial charge in [0.25, 0.3) is 10.0 Å². The van der Waals surface area contributed by atoms with Crippen LogP contribution in [0.15, 0.2) is 119 Å². The number of benzene rings is 4. The van der Waals surface area contributed by atoms with Crippen molar-refractivity contribution < 1.29 is 22.7 Å². The van der Waals surface area contributed by atoms with Crippen LogP contribution in [0.3, 0.4) is 0 Å². The van der Waals surface area contributed by atoms with E-state index in [9.17, 15) is 18.0 Å². The Morgan fingerprint density at radius 2 is 1.49 bits per heavy atom. The summed E-state index contributed by atoms with van der Waals surface area (Å²) in [6.07, 6.45) is 5.29. The summed E-state index contributed by atoms with van der Waals surface area (Å²) >= 11 is 3.53. The Hall–Kier alpha value is -4.15. The molecule has 0 aromatic heterocycles. The van der Waals surface area contributed by atoms with Crippen LogP contribution >= 0.6 is 15.9 Å². The minimum absolute atomic E-state index is 0.0339. The van der Waals surface area contributed by atoms with Crippen molar-refractivity contribution in [1.29, 1.82) is 0 Å². The molecule has 1 aliphatic rings. The average molecular weight is 719 g/mol. The van der Waals surface area contributed by atoms with Gasteiger partial charge >= 0.3 is 0 Å². The molecule has 2 amide bonds. The number of sulfonamides is 1. The number of hydrogen-bond acceptors (Lipinski definition) is 5. The Morgan fingerprint density at radius 1 is 0.851 bits per heavy atom. The summed E-state index contributed by atoms with van der Waals surface area (Å²) in [7, 11) is -2.64. The van der Waals surface area contributed by atoms with E-state index in [-0.39, 0.29) is 29.8 Å². The lowest BCUT2D eigenvalue weighted by Crippen LogP contribution is -2.55. The molecule has 1 fully saturated rings. The summed E-state index contributed by atoms with van der Waals surface area (Å²) < 4.78 is 35.5. The fourth-order valence-electron chi connectivity index (χ4n) is 5.93. The number of rotatable bonds is 13. The molecule has 0 bridgehead atoms. The van der Waals surface area contributed by atoms with E-state index in [1.807, 2.05) is 54.6 Å². The van der Waals surface area contributed by atoms with Crippen molar-refractivity contribution in [3.05, 3.63) is 125 Å². The number of hydrogen-bond donors (Lipinski definition) is 1. The molecule has 4 aromatic carbocycles. The number of amides is 2. The zero-order valence-electron chi connectivity index (χ0n) is 26.4. The van der Waals surface area contributed by atoms with E-state index in [1.165, 1.54) is 24.1 Å². The third kappa shape index (κ3) is 9.02. The van der Waals surface area contributed by atoms with Crippen LogP contribution in [0, 0.1) is 0 Å². The molecule has 47 heavy (non-hydrogen) atoms. The lowest BCUT2D eigenvalue weighted by Gasteiger charge is -2.35. The zero-order chi connectivity index (χ0) is 33.2. The van der Waals surface area contributed by atoms with Crippen LogP contribution in [0.1, 0.15) is 43.2 Å². The van der Waals surface area contributed by atoms with Crippen molar-refractivity contribution in [2.24, 2.45) is 0 Å². The number of ether oxygens (including phenoxy) is 1. The number of anilines is 1. The van der Waals surface area contributed by atoms with Gasteiger partial charge in [-0.25, -0.2) is 8.42 Å². The van der Waals surface area contributed by atoms with Crippen LogP contribution in [-0.2, 0) is 32.6 Å². The third-order valence-electron chi connectivity index (χ3n) is 8.44. The van der Waals surface area contributed by atoms with E-state index in [4.69, 9.17) is 4.74 Å². The van der Waals surface area contributed by atoms with E-state index in [2.05, 4.69) is 21.2 Å². The Balaban J connectivity index is 1.56. The van der Waals surface area contributed by atoms with E-state index < -0.39 is 28.5 Å². The summed E-state index contributed by atoms with van der Waals surface area (Å²) in [6, 6.07) is 30.9. The summed E-state index contributed by atoms with van der Waals surface area (Å²) in [4.78, 5) is 30.4. The van der Waals surface area contributed by atoms with Crippen molar-refractivity contribution in [3.63, 3.8) is 0 Å². The van der Waals surface area contributed by atoms with Crippen LogP contribution in [0.2, 0.25) is 0 Å². The molecule has 1 aliphatic carbocycles. The molecule has 5 rings (SSSR count). The summed E-state index contributed by atoms with van der Waals surface area (Å²) in [6.45, 7) is -0.407. The Kier molecular flexibility index (Phi) is 11.7. The largest absolute Gasteiger partial charge is 0.497 e. The SMILES string of the molecule is COc1ccc(N(CC(=O)N(Cc2cccc(Br)c2)[C@@H](Cc2ccccc2)C(=O)NC2CCCCC2)S(=O)(=O)c2ccccc2)cc1. The van der Waals surface area contributed by atoms with Gasteiger partial charge in [0.15, 0.2) is 0 Å². The van der Waals surface area contributed by atoms with Crippen molar-refractivity contribution in [2.45, 2.75) is 62.0 Å². The molecule has 8 nitrogen and oxygen atoms in total. The third-order valence-corrected chi connectivity index (χ3v) is 10.7. The van der Waals surface area contributed by atoms with Crippen LogP contribution < -0.4 is 14.4 Å². The van der Waals surface area contributed by atoms with Crippen molar-refractivity contribution in [3.8, 4) is 5.75 Å². The van der Waals surface area contributed by atoms with Crippen LogP contribution in [-0.4, -0.2) is 50.9 Å². The standard InChI is InChI=1S/C37H40BrN3O5S/c1-46-33-22-20-32(21-23-33)41(47(44,45)34-18-9-4-10-19-34)27-36(42)40(26-29-14-11-15-30(38)24-29)35(25-28-12-5-2-6-13-28)37(43)39-31-16-7-3-8-17-31/h2,4-6,9-15,18-24,31,35H,3,7-8,16-17,25-27H2,1H3,(H,39,43)/t35-/m0/s1. The zero-order valence-corrected chi connectivity index (χ0v) is 28.8. The van der Waals surface area contributed by atoms with Gasteiger partial charge in [0.1, 0.15) is 18.3 Å². The summed E-state index contributed by atoms with van der Waals surface area (Å²) in [5.74, 6) is -0.193. The molecule has 1 saturated carbocycles. The van der Waals surface area contributed by atoms with Gasteiger partial charge in [0, 0.05) is 23.5 Å². The quantitative estimate of drug-likeness (QED) is 0.165.